The van der Waals surface area contributed by atoms with Crippen molar-refractivity contribution in [1.82, 2.24) is 4.90 Å². The molecule has 0 unspecified atom stereocenters. The molecule has 0 aliphatic carbocycles. The van der Waals surface area contributed by atoms with Gasteiger partial charge in [0.25, 0.3) is 0 Å². The zero-order valence-electron chi connectivity index (χ0n) is 9.45. The summed E-state index contributed by atoms with van der Waals surface area (Å²) < 4.78 is 0. The lowest BCUT2D eigenvalue weighted by Crippen LogP contribution is -2.38. The Balaban J connectivity index is 2.07. The molecule has 0 bridgehead atoms. The first-order chi connectivity index (χ1) is 7.24. The lowest BCUT2D eigenvalue weighted by atomic mass is 9.96. The van der Waals surface area contributed by atoms with Crippen molar-refractivity contribution in [3.05, 3.63) is 0 Å². The number of primary amides is 1. The van der Waals surface area contributed by atoms with E-state index in [1.165, 1.54) is 12.8 Å². The average molecular weight is 213 g/mol. The highest BCUT2D eigenvalue weighted by Crippen LogP contribution is 2.16. The number of rotatable bonds is 6. The Labute approximate surface area is 92.0 Å². The van der Waals surface area contributed by atoms with E-state index in [2.05, 4.69) is 4.90 Å². The quantitative estimate of drug-likeness (QED) is 0.624. The Bertz CT molecular complexity index is 188. The predicted octanol–water partition coefficient (Wildman–Crippen LogP) is 0.313. The number of unbranched alkanes of at least 4 members (excludes halogenated alkanes) is 2. The maximum absolute atomic E-state index is 11.0. The van der Waals surface area contributed by atoms with Crippen LogP contribution in [-0.2, 0) is 4.79 Å². The molecule has 0 atom stereocenters. The third-order valence-corrected chi connectivity index (χ3v) is 3.17. The first-order valence-corrected chi connectivity index (χ1v) is 5.95. The third-order valence-electron chi connectivity index (χ3n) is 3.17. The van der Waals surface area contributed by atoms with Crippen LogP contribution in [0.15, 0.2) is 0 Å². The summed E-state index contributed by atoms with van der Waals surface area (Å²) in [6.45, 7) is 3.99. The molecule has 1 fully saturated rings. The van der Waals surface area contributed by atoms with Crippen LogP contribution < -0.4 is 11.5 Å². The highest BCUT2D eigenvalue weighted by Gasteiger charge is 2.22. The lowest BCUT2D eigenvalue weighted by Gasteiger charge is -2.30. The summed E-state index contributed by atoms with van der Waals surface area (Å²) in [6, 6.07) is 0. The van der Waals surface area contributed by atoms with Gasteiger partial charge in [0.15, 0.2) is 0 Å². The molecule has 4 nitrogen and oxygen atoms in total. The number of nitrogens with two attached hydrogens (primary N) is 2. The molecule has 4 N–H and O–H groups in total. The summed E-state index contributed by atoms with van der Waals surface area (Å²) in [5, 5.41) is 0. The molecule has 0 spiro atoms. The summed E-state index contributed by atoms with van der Waals surface area (Å²) in [5.74, 6) is -0.0110. The highest BCUT2D eigenvalue weighted by atomic mass is 16.1. The van der Waals surface area contributed by atoms with E-state index in [0.29, 0.717) is 0 Å². The average Bonchev–Trinajstić information content (AvgIpc) is 2.25. The van der Waals surface area contributed by atoms with Gasteiger partial charge in [-0.15, -0.1) is 0 Å². The molecule has 1 aliphatic heterocycles. The molecule has 1 amide bonds. The van der Waals surface area contributed by atoms with Crippen LogP contribution in [0.2, 0.25) is 0 Å². The molecule has 0 aromatic rings. The number of nitrogens with zero attached hydrogens (tertiary/aromatic N) is 1. The fraction of sp³-hybridized carbons (Fsp3) is 0.909. The first kappa shape index (κ1) is 12.5. The maximum Gasteiger partial charge on any atom is 0.220 e. The van der Waals surface area contributed by atoms with Crippen LogP contribution in [0.4, 0.5) is 0 Å². The van der Waals surface area contributed by atoms with E-state index in [1.807, 2.05) is 0 Å². The Morgan fingerprint density at radius 3 is 2.40 bits per heavy atom. The van der Waals surface area contributed by atoms with Crippen LogP contribution in [0.1, 0.15) is 32.1 Å². The first-order valence-electron chi connectivity index (χ1n) is 5.95. The standard InChI is InChI=1S/C11H23N3O/c12-6-2-1-3-7-14-8-4-10(5-9-14)11(13)15/h10H,1-9,12H2,(H2,13,15). The normalized spacial score (nSPS) is 19.3. The molecule has 4 heteroatoms. The summed E-state index contributed by atoms with van der Waals surface area (Å²) >= 11 is 0. The van der Waals surface area contributed by atoms with Gasteiger partial charge in [-0.2, -0.15) is 0 Å². The van der Waals surface area contributed by atoms with Crippen LogP contribution in [0.5, 0.6) is 0 Å². The molecular weight excluding hydrogens is 190 g/mol. The van der Waals surface area contributed by atoms with E-state index in [9.17, 15) is 4.79 Å². The fourth-order valence-corrected chi connectivity index (χ4v) is 2.10. The number of piperidine rings is 1. The van der Waals surface area contributed by atoms with Gasteiger partial charge >= 0.3 is 0 Å². The van der Waals surface area contributed by atoms with Crippen LogP contribution in [-0.4, -0.2) is 37.0 Å². The van der Waals surface area contributed by atoms with Gasteiger partial charge in [-0.3, -0.25) is 4.79 Å². The zero-order chi connectivity index (χ0) is 11.1. The van der Waals surface area contributed by atoms with E-state index in [4.69, 9.17) is 11.5 Å². The van der Waals surface area contributed by atoms with E-state index >= 15 is 0 Å². The lowest BCUT2D eigenvalue weighted by molar-refractivity contribution is -0.123. The maximum atomic E-state index is 11.0. The van der Waals surface area contributed by atoms with E-state index in [1.54, 1.807) is 0 Å². The summed E-state index contributed by atoms with van der Waals surface area (Å²) in [5.41, 5.74) is 10.7. The Hall–Kier alpha value is -0.610. The van der Waals surface area contributed by atoms with Gasteiger partial charge in [0.1, 0.15) is 0 Å². The van der Waals surface area contributed by atoms with Crippen LogP contribution in [0, 0.1) is 5.92 Å². The van der Waals surface area contributed by atoms with Crippen molar-refractivity contribution in [3.63, 3.8) is 0 Å². The predicted molar refractivity (Wildman–Crippen MR) is 61.3 cm³/mol. The zero-order valence-corrected chi connectivity index (χ0v) is 9.45. The van der Waals surface area contributed by atoms with Crippen LogP contribution in [0.25, 0.3) is 0 Å². The molecule has 15 heavy (non-hydrogen) atoms. The van der Waals surface area contributed by atoms with E-state index in [-0.39, 0.29) is 11.8 Å². The molecule has 0 saturated carbocycles. The van der Waals surface area contributed by atoms with Gasteiger partial charge in [0.2, 0.25) is 5.91 Å². The monoisotopic (exact) mass is 213 g/mol. The molecule has 1 heterocycles. The van der Waals surface area contributed by atoms with Gasteiger partial charge in [0, 0.05) is 5.92 Å². The molecule has 88 valence electrons. The number of likely N-dealkylation sites (tertiary alicyclic amines) is 1. The smallest absolute Gasteiger partial charge is 0.220 e. The van der Waals surface area contributed by atoms with Crippen LogP contribution >= 0.6 is 0 Å². The van der Waals surface area contributed by atoms with Crippen molar-refractivity contribution < 1.29 is 4.79 Å². The second kappa shape index (κ2) is 6.80. The topological polar surface area (TPSA) is 72.3 Å². The van der Waals surface area contributed by atoms with Crippen molar-refractivity contribution in [2.24, 2.45) is 17.4 Å². The molecular formula is C11H23N3O. The molecule has 1 saturated heterocycles. The highest BCUT2D eigenvalue weighted by molar-refractivity contribution is 5.76. The van der Waals surface area contributed by atoms with Crippen molar-refractivity contribution in [1.29, 1.82) is 0 Å². The van der Waals surface area contributed by atoms with Gasteiger partial charge in [0.05, 0.1) is 0 Å². The Kier molecular flexibility index (Phi) is 5.65. The Morgan fingerprint density at radius 2 is 1.87 bits per heavy atom. The van der Waals surface area contributed by atoms with Gasteiger partial charge in [-0.05, 0) is 51.9 Å². The molecule has 1 aliphatic rings. The number of carbonyl (C=O) groups excluding carboxylic acids is 1. The van der Waals surface area contributed by atoms with Crippen molar-refractivity contribution in [3.8, 4) is 0 Å². The molecule has 0 aromatic heterocycles. The van der Waals surface area contributed by atoms with Crippen molar-refractivity contribution in [2.45, 2.75) is 32.1 Å². The third kappa shape index (κ3) is 4.62. The largest absolute Gasteiger partial charge is 0.369 e. The number of hydrogen-bond acceptors (Lipinski definition) is 3. The minimum atomic E-state index is -0.127. The fourth-order valence-electron chi connectivity index (χ4n) is 2.10. The molecule has 0 aromatic carbocycles. The minimum Gasteiger partial charge on any atom is -0.369 e. The number of carbonyl (C=O) groups is 1. The van der Waals surface area contributed by atoms with Crippen molar-refractivity contribution in [2.75, 3.05) is 26.2 Å². The SMILES string of the molecule is NCCCCCN1CCC(C(N)=O)CC1. The summed E-state index contributed by atoms with van der Waals surface area (Å²) in [7, 11) is 0. The molecule has 1 rings (SSSR count). The van der Waals surface area contributed by atoms with Crippen molar-refractivity contribution >= 4 is 5.91 Å². The minimum absolute atomic E-state index is 0.116. The van der Waals surface area contributed by atoms with E-state index < -0.39 is 0 Å². The van der Waals surface area contributed by atoms with Gasteiger partial charge < -0.3 is 16.4 Å². The van der Waals surface area contributed by atoms with Gasteiger partial charge in [-0.1, -0.05) is 6.42 Å². The van der Waals surface area contributed by atoms with Gasteiger partial charge in [-0.25, -0.2) is 0 Å². The number of hydrogen-bond donors (Lipinski definition) is 2. The summed E-state index contributed by atoms with van der Waals surface area (Å²) in [6.07, 6.45) is 5.43. The van der Waals surface area contributed by atoms with E-state index in [0.717, 1.165) is 45.4 Å². The second-order valence-electron chi connectivity index (χ2n) is 4.37. The number of amides is 1. The summed E-state index contributed by atoms with van der Waals surface area (Å²) in [4.78, 5) is 13.4. The second-order valence-corrected chi connectivity index (χ2v) is 4.37. The Morgan fingerprint density at radius 1 is 1.20 bits per heavy atom. The molecule has 0 radical (unpaired) electrons. The van der Waals surface area contributed by atoms with Crippen LogP contribution in [0.3, 0.4) is 0 Å².